The van der Waals surface area contributed by atoms with E-state index in [2.05, 4.69) is 0 Å². The first-order chi connectivity index (χ1) is 5.20. The average molecular weight is 189 g/mol. The number of hydrogen-bond donors (Lipinski definition) is 1. The molecule has 2 atom stereocenters. The molecule has 1 aromatic heterocycles. The lowest BCUT2D eigenvalue weighted by atomic mass is 10.4. The van der Waals surface area contributed by atoms with E-state index in [4.69, 9.17) is 5.73 Å². The number of thiophene rings is 1. The molecule has 2 N–H and O–H groups in total. The van der Waals surface area contributed by atoms with Gasteiger partial charge in [-0.1, -0.05) is 6.07 Å². The Bertz CT molecular complexity index is 231. The molecule has 4 heteroatoms. The molecule has 0 spiro atoms. The van der Waals surface area contributed by atoms with Crippen LogP contribution in [-0.2, 0) is 10.8 Å². The molecule has 2 nitrogen and oxygen atoms in total. The topological polar surface area (TPSA) is 43.1 Å². The summed E-state index contributed by atoms with van der Waals surface area (Å²) < 4.78 is 12.3. The van der Waals surface area contributed by atoms with Crippen molar-refractivity contribution < 1.29 is 4.21 Å². The van der Waals surface area contributed by atoms with Gasteiger partial charge in [-0.05, 0) is 18.4 Å². The maximum atomic E-state index is 11.4. The van der Waals surface area contributed by atoms with Crippen LogP contribution < -0.4 is 5.73 Å². The second kappa shape index (κ2) is 3.99. The minimum absolute atomic E-state index is 0.0120. The molecular weight excluding hydrogens is 178 g/mol. The van der Waals surface area contributed by atoms with Gasteiger partial charge in [0.05, 0.1) is 15.0 Å². The Morgan fingerprint density at radius 2 is 2.55 bits per heavy atom. The summed E-state index contributed by atoms with van der Waals surface area (Å²) in [5.41, 5.74) is 5.51. The van der Waals surface area contributed by atoms with Crippen molar-refractivity contribution in [3.63, 3.8) is 0 Å². The Labute approximate surface area is 72.9 Å². The van der Waals surface area contributed by atoms with Crippen LogP contribution in [-0.4, -0.2) is 16.0 Å². The van der Waals surface area contributed by atoms with Gasteiger partial charge in [-0.2, -0.15) is 0 Å². The number of rotatable bonds is 3. The van der Waals surface area contributed by atoms with Crippen LogP contribution in [0.3, 0.4) is 0 Å². The molecule has 0 bridgehead atoms. The molecule has 0 amide bonds. The van der Waals surface area contributed by atoms with Crippen molar-refractivity contribution in [3.8, 4) is 0 Å². The molecule has 0 aliphatic carbocycles. The summed E-state index contributed by atoms with van der Waals surface area (Å²) in [6.45, 7) is 1.87. The Morgan fingerprint density at radius 1 is 1.82 bits per heavy atom. The van der Waals surface area contributed by atoms with Crippen LogP contribution in [0.15, 0.2) is 21.7 Å². The first-order valence-corrected chi connectivity index (χ1v) is 5.57. The zero-order valence-corrected chi connectivity index (χ0v) is 7.95. The standard InChI is InChI=1S/C7H11NOS2/c1-6(8)5-11(9)7-3-2-4-10-7/h2-4,6H,5,8H2,1H3. The lowest BCUT2D eigenvalue weighted by Crippen LogP contribution is -2.22. The van der Waals surface area contributed by atoms with Crippen molar-refractivity contribution in [2.75, 3.05) is 5.75 Å². The highest BCUT2D eigenvalue weighted by Gasteiger charge is 2.06. The van der Waals surface area contributed by atoms with E-state index >= 15 is 0 Å². The smallest absolute Gasteiger partial charge is 0.0911 e. The predicted octanol–water partition coefficient (Wildman–Crippen LogP) is 1.20. The highest BCUT2D eigenvalue weighted by Crippen LogP contribution is 2.13. The van der Waals surface area contributed by atoms with E-state index in [0.717, 1.165) is 4.21 Å². The van der Waals surface area contributed by atoms with E-state index in [1.54, 1.807) is 0 Å². The van der Waals surface area contributed by atoms with E-state index < -0.39 is 10.8 Å². The molecule has 0 aliphatic heterocycles. The van der Waals surface area contributed by atoms with E-state index in [-0.39, 0.29) is 6.04 Å². The fourth-order valence-corrected chi connectivity index (χ4v) is 2.83. The van der Waals surface area contributed by atoms with Gasteiger partial charge in [-0.25, -0.2) is 0 Å². The molecular formula is C7H11NOS2. The lowest BCUT2D eigenvalue weighted by Gasteiger charge is -2.01. The second-order valence-electron chi connectivity index (χ2n) is 2.42. The average Bonchev–Trinajstić information content (AvgIpc) is 2.35. The number of hydrogen-bond acceptors (Lipinski definition) is 3. The highest BCUT2D eigenvalue weighted by molar-refractivity contribution is 7.87. The van der Waals surface area contributed by atoms with Crippen molar-refractivity contribution in [3.05, 3.63) is 17.5 Å². The van der Waals surface area contributed by atoms with Crippen molar-refractivity contribution in [2.24, 2.45) is 5.73 Å². The van der Waals surface area contributed by atoms with E-state index in [9.17, 15) is 4.21 Å². The van der Waals surface area contributed by atoms with Crippen molar-refractivity contribution in [1.29, 1.82) is 0 Å². The van der Waals surface area contributed by atoms with E-state index in [1.807, 2.05) is 24.4 Å². The fourth-order valence-electron chi connectivity index (χ4n) is 0.714. The summed E-state index contributed by atoms with van der Waals surface area (Å²) >= 11 is 1.52. The molecule has 2 unspecified atom stereocenters. The summed E-state index contributed by atoms with van der Waals surface area (Å²) in [7, 11) is -0.889. The van der Waals surface area contributed by atoms with Gasteiger partial charge in [0.25, 0.3) is 0 Å². The van der Waals surface area contributed by atoms with Gasteiger partial charge in [-0.15, -0.1) is 11.3 Å². The normalized spacial score (nSPS) is 16.2. The Kier molecular flexibility index (Phi) is 3.23. The van der Waals surface area contributed by atoms with Crippen LogP contribution in [0, 0.1) is 0 Å². The van der Waals surface area contributed by atoms with Crippen LogP contribution in [0.25, 0.3) is 0 Å². The minimum atomic E-state index is -0.889. The van der Waals surface area contributed by atoms with Crippen LogP contribution in [0.4, 0.5) is 0 Å². The summed E-state index contributed by atoms with van der Waals surface area (Å²) in [6.07, 6.45) is 0. The monoisotopic (exact) mass is 189 g/mol. The fraction of sp³-hybridized carbons (Fsp3) is 0.429. The van der Waals surface area contributed by atoms with Crippen LogP contribution in [0.1, 0.15) is 6.92 Å². The molecule has 0 saturated carbocycles. The molecule has 62 valence electrons. The summed E-state index contributed by atoms with van der Waals surface area (Å²) in [4.78, 5) is 0. The largest absolute Gasteiger partial charge is 0.327 e. The molecule has 0 radical (unpaired) electrons. The minimum Gasteiger partial charge on any atom is -0.327 e. The predicted molar refractivity (Wildman–Crippen MR) is 49.2 cm³/mol. The first kappa shape index (κ1) is 8.90. The van der Waals surface area contributed by atoms with Crippen molar-refractivity contribution >= 4 is 22.1 Å². The lowest BCUT2D eigenvalue weighted by molar-refractivity contribution is 0.678. The van der Waals surface area contributed by atoms with Gasteiger partial charge in [-0.3, -0.25) is 4.21 Å². The van der Waals surface area contributed by atoms with Gasteiger partial charge in [0, 0.05) is 11.8 Å². The SMILES string of the molecule is CC(N)CS(=O)c1cccs1. The molecule has 1 heterocycles. The third-order valence-corrected chi connectivity index (χ3v) is 4.06. The maximum absolute atomic E-state index is 11.4. The first-order valence-electron chi connectivity index (χ1n) is 3.37. The molecule has 0 fully saturated rings. The zero-order valence-electron chi connectivity index (χ0n) is 6.32. The number of nitrogens with two attached hydrogens (primary N) is 1. The van der Waals surface area contributed by atoms with Crippen LogP contribution in [0.5, 0.6) is 0 Å². The van der Waals surface area contributed by atoms with E-state index in [1.165, 1.54) is 11.3 Å². The summed E-state index contributed by atoms with van der Waals surface area (Å²) in [5, 5.41) is 1.93. The summed E-state index contributed by atoms with van der Waals surface area (Å²) in [6, 6.07) is 3.79. The van der Waals surface area contributed by atoms with Crippen molar-refractivity contribution in [2.45, 2.75) is 17.2 Å². The highest BCUT2D eigenvalue weighted by atomic mass is 32.2. The van der Waals surface area contributed by atoms with Gasteiger partial charge in [0.15, 0.2) is 0 Å². The van der Waals surface area contributed by atoms with Gasteiger partial charge in [0.2, 0.25) is 0 Å². The quantitative estimate of drug-likeness (QED) is 0.776. The zero-order chi connectivity index (χ0) is 8.27. The Morgan fingerprint density at radius 3 is 3.00 bits per heavy atom. The molecule has 0 aromatic carbocycles. The molecule has 1 aromatic rings. The molecule has 1 rings (SSSR count). The molecule has 0 saturated heterocycles. The maximum Gasteiger partial charge on any atom is 0.0911 e. The third-order valence-electron chi connectivity index (χ3n) is 1.13. The van der Waals surface area contributed by atoms with E-state index in [0.29, 0.717) is 5.75 Å². The van der Waals surface area contributed by atoms with Crippen LogP contribution >= 0.6 is 11.3 Å². The Balaban J connectivity index is 2.57. The third kappa shape index (κ3) is 2.73. The molecule has 0 aliphatic rings. The van der Waals surface area contributed by atoms with Crippen molar-refractivity contribution in [1.82, 2.24) is 0 Å². The van der Waals surface area contributed by atoms with Crippen LogP contribution in [0.2, 0.25) is 0 Å². The Hall–Kier alpha value is -0.190. The molecule has 11 heavy (non-hydrogen) atoms. The van der Waals surface area contributed by atoms with Gasteiger partial charge < -0.3 is 5.73 Å². The van der Waals surface area contributed by atoms with Gasteiger partial charge in [0.1, 0.15) is 0 Å². The summed E-state index contributed by atoms with van der Waals surface area (Å²) in [5.74, 6) is 0.556. The van der Waals surface area contributed by atoms with Gasteiger partial charge >= 0.3 is 0 Å². The second-order valence-corrected chi connectivity index (χ2v) is 5.09.